The fourth-order valence-corrected chi connectivity index (χ4v) is 6.17. The lowest BCUT2D eigenvalue weighted by molar-refractivity contribution is 0.353. The maximum absolute atomic E-state index is 13.6. The number of methoxy groups -OCH3 is 2. The second-order valence-electron chi connectivity index (χ2n) is 5.63. The number of sulfonamides is 1. The fourth-order valence-electron chi connectivity index (χ4n) is 2.78. The van der Waals surface area contributed by atoms with Gasteiger partial charge in [-0.25, -0.2) is 17.5 Å². The molecule has 1 heterocycles. The summed E-state index contributed by atoms with van der Waals surface area (Å²) >= 11 is 4.87. The van der Waals surface area contributed by atoms with Crippen molar-refractivity contribution in [2.75, 3.05) is 20.0 Å². The first kappa shape index (κ1) is 19.5. The Hall–Kier alpha value is -1.29. The summed E-state index contributed by atoms with van der Waals surface area (Å²) in [7, 11) is -0.956. The Morgan fingerprint density at radius 2 is 1.88 bits per heavy atom. The number of hydrogen-bond donors (Lipinski definition) is 1. The number of hydrogen-bond acceptors (Lipinski definition) is 5. The molecule has 0 amide bonds. The van der Waals surface area contributed by atoms with Crippen molar-refractivity contribution < 1.29 is 22.3 Å². The van der Waals surface area contributed by atoms with Crippen LogP contribution in [0.4, 0.5) is 4.39 Å². The van der Waals surface area contributed by atoms with Gasteiger partial charge in [0.05, 0.1) is 14.2 Å². The van der Waals surface area contributed by atoms with Crippen LogP contribution in [0.5, 0.6) is 11.5 Å². The number of halogens is 2. The number of benzene rings is 2. The lowest BCUT2D eigenvalue weighted by Crippen LogP contribution is -2.31. The van der Waals surface area contributed by atoms with E-state index in [1.54, 1.807) is 17.8 Å². The molecule has 140 valence electrons. The van der Waals surface area contributed by atoms with E-state index in [1.165, 1.54) is 38.5 Å². The molecule has 5 nitrogen and oxygen atoms in total. The number of ether oxygens (including phenoxy) is 2. The van der Waals surface area contributed by atoms with E-state index in [1.807, 2.05) is 0 Å². The minimum Gasteiger partial charge on any atom is -0.493 e. The van der Waals surface area contributed by atoms with Gasteiger partial charge in [-0.2, -0.15) is 0 Å². The van der Waals surface area contributed by atoms with Crippen molar-refractivity contribution in [3.63, 3.8) is 0 Å². The zero-order valence-electron chi connectivity index (χ0n) is 14.1. The summed E-state index contributed by atoms with van der Waals surface area (Å²) in [5.74, 6) is 1.09. The van der Waals surface area contributed by atoms with E-state index in [0.717, 1.165) is 10.6 Å². The summed E-state index contributed by atoms with van der Waals surface area (Å²) < 4.78 is 53.0. The zero-order valence-corrected chi connectivity index (χ0v) is 17.3. The van der Waals surface area contributed by atoms with Crippen molar-refractivity contribution >= 4 is 37.7 Å². The van der Waals surface area contributed by atoms with Gasteiger partial charge < -0.3 is 9.47 Å². The van der Waals surface area contributed by atoms with E-state index in [4.69, 9.17) is 9.47 Å². The Kier molecular flexibility index (Phi) is 5.81. The van der Waals surface area contributed by atoms with Crippen LogP contribution in [-0.2, 0) is 10.0 Å². The minimum absolute atomic E-state index is 0.0336. The molecule has 1 aliphatic heterocycles. The van der Waals surface area contributed by atoms with E-state index in [-0.39, 0.29) is 10.7 Å². The lowest BCUT2D eigenvalue weighted by Gasteiger charge is -2.26. The second kappa shape index (κ2) is 7.75. The molecule has 0 bridgehead atoms. The summed E-state index contributed by atoms with van der Waals surface area (Å²) in [6, 6.07) is 6.90. The molecule has 0 aliphatic carbocycles. The van der Waals surface area contributed by atoms with Gasteiger partial charge in [-0.1, -0.05) is 0 Å². The maximum atomic E-state index is 13.6. The highest BCUT2D eigenvalue weighted by atomic mass is 79.9. The largest absolute Gasteiger partial charge is 0.493 e. The van der Waals surface area contributed by atoms with Gasteiger partial charge in [0.1, 0.15) is 10.7 Å². The van der Waals surface area contributed by atoms with Gasteiger partial charge in [0.15, 0.2) is 11.5 Å². The lowest BCUT2D eigenvalue weighted by atomic mass is 10.0. The third kappa shape index (κ3) is 3.85. The molecule has 0 fully saturated rings. The van der Waals surface area contributed by atoms with E-state index in [0.29, 0.717) is 28.0 Å². The van der Waals surface area contributed by atoms with Crippen molar-refractivity contribution in [2.45, 2.75) is 22.3 Å². The Morgan fingerprint density at radius 3 is 2.58 bits per heavy atom. The Labute approximate surface area is 164 Å². The Balaban J connectivity index is 1.97. The number of rotatable bonds is 5. The normalized spacial score (nSPS) is 16.8. The monoisotopic (exact) mass is 461 g/mol. The first-order valence-electron chi connectivity index (χ1n) is 7.72. The van der Waals surface area contributed by atoms with Gasteiger partial charge in [-0.15, -0.1) is 11.8 Å². The predicted octanol–water partition coefficient (Wildman–Crippen LogP) is 4.12. The average Bonchev–Trinajstić information content (AvgIpc) is 2.61. The van der Waals surface area contributed by atoms with E-state index >= 15 is 0 Å². The van der Waals surface area contributed by atoms with Crippen molar-refractivity contribution in [2.24, 2.45) is 0 Å². The molecule has 0 unspecified atom stereocenters. The first-order chi connectivity index (χ1) is 12.4. The van der Waals surface area contributed by atoms with Crippen LogP contribution in [0.2, 0.25) is 0 Å². The Bertz CT molecular complexity index is 937. The number of thioether (sulfide) groups is 1. The van der Waals surface area contributed by atoms with E-state index in [9.17, 15) is 12.8 Å². The molecule has 0 saturated carbocycles. The highest BCUT2D eigenvalue weighted by Crippen LogP contribution is 2.39. The molecule has 1 aliphatic rings. The van der Waals surface area contributed by atoms with Gasteiger partial charge in [0.2, 0.25) is 10.0 Å². The van der Waals surface area contributed by atoms with Crippen LogP contribution in [0.3, 0.4) is 0 Å². The highest BCUT2D eigenvalue weighted by Gasteiger charge is 2.28. The SMILES string of the molecule is COc1cc(Br)c(S(=O)(=O)N[C@@H]2CCSc3ccc(F)cc32)cc1OC. The van der Waals surface area contributed by atoms with Gasteiger partial charge >= 0.3 is 0 Å². The average molecular weight is 462 g/mol. The van der Waals surface area contributed by atoms with Crippen LogP contribution < -0.4 is 14.2 Å². The summed E-state index contributed by atoms with van der Waals surface area (Å²) in [5, 5.41) is 0. The molecular formula is C17H17BrFNO4S2. The van der Waals surface area contributed by atoms with Gasteiger partial charge in [0.25, 0.3) is 0 Å². The third-order valence-electron chi connectivity index (χ3n) is 4.04. The zero-order chi connectivity index (χ0) is 18.9. The summed E-state index contributed by atoms with van der Waals surface area (Å²) in [5.41, 5.74) is 0.654. The highest BCUT2D eigenvalue weighted by molar-refractivity contribution is 9.10. The molecule has 0 spiro atoms. The molecule has 2 aromatic rings. The second-order valence-corrected chi connectivity index (χ2v) is 9.30. The van der Waals surface area contributed by atoms with E-state index in [2.05, 4.69) is 20.7 Å². The van der Waals surface area contributed by atoms with Crippen LogP contribution in [0.25, 0.3) is 0 Å². The van der Waals surface area contributed by atoms with Gasteiger partial charge in [-0.05, 0) is 57.9 Å². The fraction of sp³-hybridized carbons (Fsp3) is 0.294. The number of nitrogens with one attached hydrogen (secondary N) is 1. The van der Waals surface area contributed by atoms with Crippen molar-refractivity contribution in [3.8, 4) is 11.5 Å². The van der Waals surface area contributed by atoms with Crippen LogP contribution in [0.1, 0.15) is 18.0 Å². The summed E-state index contributed by atoms with van der Waals surface area (Å²) in [6.45, 7) is 0. The number of fused-ring (bicyclic) bond motifs is 1. The van der Waals surface area contributed by atoms with Gasteiger partial charge in [0, 0.05) is 21.5 Å². The molecule has 26 heavy (non-hydrogen) atoms. The molecule has 1 atom stereocenters. The van der Waals surface area contributed by atoms with Crippen molar-refractivity contribution in [1.29, 1.82) is 0 Å². The molecule has 9 heteroatoms. The molecule has 3 rings (SSSR count). The topological polar surface area (TPSA) is 64.6 Å². The molecule has 0 aromatic heterocycles. The standard InChI is InChI=1S/C17H17BrFNO4S2/c1-23-14-8-12(18)17(9-15(14)24-2)26(21,22)20-13-5-6-25-16-4-3-10(19)7-11(13)16/h3-4,7-9,13,20H,5-6H2,1-2H3/t13-/m1/s1. The molecular weight excluding hydrogens is 445 g/mol. The molecule has 1 N–H and O–H groups in total. The predicted molar refractivity (Wildman–Crippen MR) is 102 cm³/mol. The van der Waals surface area contributed by atoms with Crippen molar-refractivity contribution in [1.82, 2.24) is 4.72 Å². The van der Waals surface area contributed by atoms with Crippen LogP contribution in [0.15, 0.2) is 44.6 Å². The maximum Gasteiger partial charge on any atom is 0.242 e. The van der Waals surface area contributed by atoms with Gasteiger partial charge in [-0.3, -0.25) is 0 Å². The van der Waals surface area contributed by atoms with Crippen molar-refractivity contribution in [3.05, 3.63) is 46.2 Å². The van der Waals surface area contributed by atoms with E-state index < -0.39 is 16.1 Å². The molecule has 0 saturated heterocycles. The smallest absolute Gasteiger partial charge is 0.242 e. The molecule has 2 aromatic carbocycles. The quantitative estimate of drug-likeness (QED) is 0.725. The van der Waals surface area contributed by atoms with Crippen LogP contribution in [0, 0.1) is 5.82 Å². The third-order valence-corrected chi connectivity index (χ3v) is 7.59. The summed E-state index contributed by atoms with van der Waals surface area (Å²) in [6.07, 6.45) is 0.575. The first-order valence-corrected chi connectivity index (χ1v) is 11.0. The minimum atomic E-state index is -3.87. The van der Waals surface area contributed by atoms with Crippen LogP contribution in [-0.4, -0.2) is 28.4 Å². The summed E-state index contributed by atoms with van der Waals surface area (Å²) in [4.78, 5) is 0.919. The van der Waals surface area contributed by atoms with Crippen LogP contribution >= 0.6 is 27.7 Å². The Morgan fingerprint density at radius 1 is 1.19 bits per heavy atom. The molecule has 0 radical (unpaired) electrons.